The standard InChI is InChI=1S/C8H7Cl2NS/c1-5(12)11-8-4-6(9)2-3-7(8)10/h2-4H,1H3,(H,11,12). The van der Waals surface area contributed by atoms with Gasteiger partial charge in [0.2, 0.25) is 0 Å². The highest BCUT2D eigenvalue weighted by Gasteiger charge is 2.00. The lowest BCUT2D eigenvalue weighted by Crippen LogP contribution is -2.03. The quantitative estimate of drug-likeness (QED) is 0.723. The maximum absolute atomic E-state index is 5.86. The van der Waals surface area contributed by atoms with E-state index in [0.29, 0.717) is 15.0 Å². The van der Waals surface area contributed by atoms with E-state index < -0.39 is 0 Å². The van der Waals surface area contributed by atoms with E-state index in [4.69, 9.17) is 35.4 Å². The second-order valence-corrected chi connectivity index (χ2v) is 3.76. The third kappa shape index (κ3) is 2.63. The smallest absolute Gasteiger partial charge is 0.0766 e. The van der Waals surface area contributed by atoms with Crippen LogP contribution in [-0.2, 0) is 0 Å². The van der Waals surface area contributed by atoms with Crippen molar-refractivity contribution in [1.29, 1.82) is 0 Å². The lowest BCUT2D eigenvalue weighted by Gasteiger charge is -2.05. The second kappa shape index (κ2) is 4.08. The first-order valence-corrected chi connectivity index (χ1v) is 4.48. The average molecular weight is 220 g/mol. The number of thiocarbonyl (C=S) groups is 1. The summed E-state index contributed by atoms with van der Waals surface area (Å²) in [6, 6.07) is 5.19. The van der Waals surface area contributed by atoms with Gasteiger partial charge in [-0.1, -0.05) is 35.4 Å². The highest BCUT2D eigenvalue weighted by atomic mass is 35.5. The largest absolute Gasteiger partial charge is 0.349 e. The molecule has 0 fully saturated rings. The lowest BCUT2D eigenvalue weighted by molar-refractivity contribution is 1.63. The molecule has 0 amide bonds. The zero-order chi connectivity index (χ0) is 9.14. The molecule has 0 atom stereocenters. The first-order valence-electron chi connectivity index (χ1n) is 3.32. The van der Waals surface area contributed by atoms with Crippen LogP contribution >= 0.6 is 35.4 Å². The molecule has 0 bridgehead atoms. The van der Waals surface area contributed by atoms with E-state index >= 15 is 0 Å². The molecule has 0 aromatic heterocycles. The van der Waals surface area contributed by atoms with Crippen molar-refractivity contribution < 1.29 is 0 Å². The first kappa shape index (κ1) is 9.78. The van der Waals surface area contributed by atoms with E-state index in [0.717, 1.165) is 5.69 Å². The Bertz CT molecular complexity index is 312. The molecule has 1 aromatic rings. The molecule has 0 heterocycles. The van der Waals surface area contributed by atoms with Crippen LogP contribution in [0.5, 0.6) is 0 Å². The van der Waals surface area contributed by atoms with Crippen molar-refractivity contribution in [3.63, 3.8) is 0 Å². The van der Waals surface area contributed by atoms with Gasteiger partial charge in [0.25, 0.3) is 0 Å². The van der Waals surface area contributed by atoms with E-state index in [-0.39, 0.29) is 0 Å². The Morgan fingerprint density at radius 3 is 2.67 bits per heavy atom. The zero-order valence-corrected chi connectivity index (χ0v) is 8.72. The van der Waals surface area contributed by atoms with Crippen molar-refractivity contribution >= 4 is 46.1 Å². The SMILES string of the molecule is CC(=S)Nc1cc(Cl)ccc1Cl. The molecular formula is C8H7Cl2NS. The molecule has 1 nitrogen and oxygen atoms in total. The van der Waals surface area contributed by atoms with Gasteiger partial charge < -0.3 is 5.32 Å². The summed E-state index contributed by atoms with van der Waals surface area (Å²) in [7, 11) is 0. The molecule has 1 aromatic carbocycles. The molecule has 1 rings (SSSR count). The maximum atomic E-state index is 5.86. The van der Waals surface area contributed by atoms with Crippen LogP contribution in [0.2, 0.25) is 10.0 Å². The minimum absolute atomic E-state index is 0.614. The van der Waals surface area contributed by atoms with Crippen LogP contribution in [-0.4, -0.2) is 4.99 Å². The fourth-order valence-electron chi connectivity index (χ4n) is 0.783. The summed E-state index contributed by atoms with van der Waals surface area (Å²) >= 11 is 16.5. The van der Waals surface area contributed by atoms with Gasteiger partial charge in [-0.3, -0.25) is 0 Å². The van der Waals surface area contributed by atoms with E-state index in [1.807, 2.05) is 0 Å². The minimum Gasteiger partial charge on any atom is -0.349 e. The normalized spacial score (nSPS) is 9.58. The second-order valence-electron chi connectivity index (χ2n) is 2.31. The summed E-state index contributed by atoms with van der Waals surface area (Å²) in [5.41, 5.74) is 0.747. The minimum atomic E-state index is 0.614. The molecule has 0 aliphatic rings. The van der Waals surface area contributed by atoms with Crippen LogP contribution in [0.4, 0.5) is 5.69 Å². The van der Waals surface area contributed by atoms with Crippen molar-refractivity contribution in [3.8, 4) is 0 Å². The van der Waals surface area contributed by atoms with E-state index in [2.05, 4.69) is 5.32 Å². The number of benzene rings is 1. The molecule has 1 N–H and O–H groups in total. The third-order valence-electron chi connectivity index (χ3n) is 1.24. The molecule has 12 heavy (non-hydrogen) atoms. The first-order chi connectivity index (χ1) is 5.59. The van der Waals surface area contributed by atoms with Crippen LogP contribution in [0, 0.1) is 0 Å². The Morgan fingerprint density at radius 2 is 2.08 bits per heavy atom. The van der Waals surface area contributed by atoms with Gasteiger partial charge in [-0.2, -0.15) is 0 Å². The molecule has 4 heteroatoms. The van der Waals surface area contributed by atoms with E-state index in [1.165, 1.54) is 0 Å². The molecule has 0 saturated heterocycles. The van der Waals surface area contributed by atoms with Crippen LogP contribution in [0.15, 0.2) is 18.2 Å². The number of anilines is 1. The summed E-state index contributed by atoms with van der Waals surface area (Å²) in [6.45, 7) is 1.78. The van der Waals surface area contributed by atoms with Crippen molar-refractivity contribution in [1.82, 2.24) is 0 Å². The summed E-state index contributed by atoms with van der Waals surface area (Å²) in [4.78, 5) is 0.666. The third-order valence-corrected chi connectivity index (χ3v) is 1.91. The number of nitrogens with one attached hydrogen (secondary N) is 1. The highest BCUT2D eigenvalue weighted by Crippen LogP contribution is 2.25. The summed E-state index contributed by atoms with van der Waals surface area (Å²) < 4.78 is 0. The zero-order valence-electron chi connectivity index (χ0n) is 6.40. The fraction of sp³-hybridized carbons (Fsp3) is 0.125. The maximum Gasteiger partial charge on any atom is 0.0766 e. The summed E-state index contributed by atoms with van der Waals surface area (Å²) in [5.74, 6) is 0. The van der Waals surface area contributed by atoms with E-state index in [1.54, 1.807) is 25.1 Å². The topological polar surface area (TPSA) is 12.0 Å². The highest BCUT2D eigenvalue weighted by molar-refractivity contribution is 7.80. The molecule has 0 spiro atoms. The van der Waals surface area contributed by atoms with Crippen LogP contribution in [0.25, 0.3) is 0 Å². The van der Waals surface area contributed by atoms with Gasteiger partial charge in [0.1, 0.15) is 0 Å². The van der Waals surface area contributed by atoms with Gasteiger partial charge in [0, 0.05) is 5.02 Å². The molecule has 0 aliphatic heterocycles. The average Bonchev–Trinajstić information content (AvgIpc) is 1.96. The summed E-state index contributed by atoms with van der Waals surface area (Å²) in [5, 5.41) is 4.18. The molecule has 0 saturated carbocycles. The van der Waals surface area contributed by atoms with Crippen LogP contribution in [0.1, 0.15) is 6.92 Å². The van der Waals surface area contributed by atoms with Crippen molar-refractivity contribution in [2.75, 3.05) is 5.32 Å². The molecule has 0 radical (unpaired) electrons. The molecule has 64 valence electrons. The molecular weight excluding hydrogens is 213 g/mol. The predicted molar refractivity (Wildman–Crippen MR) is 58.4 cm³/mol. The van der Waals surface area contributed by atoms with Crippen molar-refractivity contribution in [2.45, 2.75) is 6.92 Å². The van der Waals surface area contributed by atoms with Gasteiger partial charge >= 0.3 is 0 Å². The van der Waals surface area contributed by atoms with Crippen molar-refractivity contribution in [2.24, 2.45) is 0 Å². The number of halogens is 2. The fourth-order valence-corrected chi connectivity index (χ4v) is 1.23. The Morgan fingerprint density at radius 1 is 1.42 bits per heavy atom. The van der Waals surface area contributed by atoms with Crippen LogP contribution < -0.4 is 5.32 Å². The monoisotopic (exact) mass is 219 g/mol. The lowest BCUT2D eigenvalue weighted by atomic mass is 10.3. The van der Waals surface area contributed by atoms with Gasteiger partial charge in [-0.15, -0.1) is 0 Å². The van der Waals surface area contributed by atoms with Crippen molar-refractivity contribution in [3.05, 3.63) is 28.2 Å². The van der Waals surface area contributed by atoms with Crippen LogP contribution in [0.3, 0.4) is 0 Å². The Balaban J connectivity index is 2.97. The Hall–Kier alpha value is -0.310. The Kier molecular flexibility index (Phi) is 3.32. The van der Waals surface area contributed by atoms with Gasteiger partial charge in [-0.05, 0) is 25.1 Å². The Labute approximate surface area is 86.7 Å². The number of rotatable bonds is 1. The van der Waals surface area contributed by atoms with Gasteiger partial charge in [0.15, 0.2) is 0 Å². The summed E-state index contributed by atoms with van der Waals surface area (Å²) in [6.07, 6.45) is 0. The van der Waals surface area contributed by atoms with Gasteiger partial charge in [-0.25, -0.2) is 0 Å². The predicted octanol–water partition coefficient (Wildman–Crippen LogP) is 3.75. The van der Waals surface area contributed by atoms with E-state index in [9.17, 15) is 0 Å². The molecule has 0 aliphatic carbocycles. The van der Waals surface area contributed by atoms with Gasteiger partial charge in [0.05, 0.1) is 15.7 Å². The number of hydrogen-bond acceptors (Lipinski definition) is 1. The number of hydrogen-bond donors (Lipinski definition) is 1. The molecule has 0 unspecified atom stereocenters.